The largest absolute Gasteiger partial charge is 0.352 e. The molecule has 0 radical (unpaired) electrons. The SMILES string of the molecule is N#Cc1ccc(Nc2cccc(F)c2I)c(F)c1. The average molecular weight is 356 g/mol. The highest BCUT2D eigenvalue weighted by molar-refractivity contribution is 14.1. The van der Waals surface area contributed by atoms with Crippen molar-refractivity contribution < 1.29 is 8.78 Å². The summed E-state index contributed by atoms with van der Waals surface area (Å²) in [4.78, 5) is 0. The predicted octanol–water partition coefficient (Wildman–Crippen LogP) is 4.18. The van der Waals surface area contributed by atoms with E-state index < -0.39 is 5.82 Å². The first-order valence-electron chi connectivity index (χ1n) is 5.02. The van der Waals surface area contributed by atoms with Gasteiger partial charge in [-0.2, -0.15) is 5.26 Å². The smallest absolute Gasteiger partial charge is 0.147 e. The number of nitrogens with zero attached hydrogens (tertiary/aromatic N) is 1. The van der Waals surface area contributed by atoms with Gasteiger partial charge >= 0.3 is 0 Å². The van der Waals surface area contributed by atoms with Crippen molar-refractivity contribution in [1.82, 2.24) is 0 Å². The molecule has 0 aromatic heterocycles. The van der Waals surface area contributed by atoms with Gasteiger partial charge in [0, 0.05) is 0 Å². The number of hydrogen-bond donors (Lipinski definition) is 1. The van der Waals surface area contributed by atoms with Crippen LogP contribution in [0.15, 0.2) is 36.4 Å². The molecule has 1 N–H and O–H groups in total. The minimum Gasteiger partial charge on any atom is -0.352 e. The molecular formula is C13H7F2IN2. The lowest BCUT2D eigenvalue weighted by Crippen LogP contribution is -1.97. The number of anilines is 2. The van der Waals surface area contributed by atoms with Crippen molar-refractivity contribution in [3.63, 3.8) is 0 Å². The molecule has 2 aromatic carbocycles. The fraction of sp³-hybridized carbons (Fsp3) is 0. The van der Waals surface area contributed by atoms with Crippen molar-refractivity contribution >= 4 is 34.0 Å². The number of halogens is 3. The highest BCUT2D eigenvalue weighted by Crippen LogP contribution is 2.26. The van der Waals surface area contributed by atoms with Crippen LogP contribution in [0.2, 0.25) is 0 Å². The third-order valence-corrected chi connectivity index (χ3v) is 3.42. The summed E-state index contributed by atoms with van der Waals surface area (Å²) in [5.74, 6) is -0.913. The summed E-state index contributed by atoms with van der Waals surface area (Å²) in [6.07, 6.45) is 0. The Balaban J connectivity index is 2.35. The van der Waals surface area contributed by atoms with Crippen molar-refractivity contribution in [1.29, 1.82) is 5.26 Å². The molecule has 0 bridgehead atoms. The summed E-state index contributed by atoms with van der Waals surface area (Å²) < 4.78 is 27.3. The Labute approximate surface area is 116 Å². The monoisotopic (exact) mass is 356 g/mol. The van der Waals surface area contributed by atoms with Crippen molar-refractivity contribution in [2.24, 2.45) is 0 Å². The van der Waals surface area contributed by atoms with Gasteiger partial charge in [-0.3, -0.25) is 0 Å². The summed E-state index contributed by atoms with van der Waals surface area (Å²) in [6, 6.07) is 10.5. The van der Waals surface area contributed by atoms with E-state index in [0.717, 1.165) is 6.07 Å². The number of nitrogens with one attached hydrogen (secondary N) is 1. The fourth-order valence-electron chi connectivity index (χ4n) is 1.43. The zero-order chi connectivity index (χ0) is 13.1. The van der Waals surface area contributed by atoms with Gasteiger partial charge in [0.1, 0.15) is 11.6 Å². The molecule has 0 aliphatic carbocycles. The molecule has 2 nitrogen and oxygen atoms in total. The van der Waals surface area contributed by atoms with Crippen molar-refractivity contribution in [2.75, 3.05) is 5.32 Å². The third-order valence-electron chi connectivity index (χ3n) is 2.32. The first-order chi connectivity index (χ1) is 8.61. The quantitative estimate of drug-likeness (QED) is 0.820. The molecule has 0 heterocycles. The second kappa shape index (κ2) is 5.31. The molecule has 0 fully saturated rings. The third kappa shape index (κ3) is 2.59. The molecule has 18 heavy (non-hydrogen) atoms. The average Bonchev–Trinajstić information content (AvgIpc) is 2.37. The van der Waals surface area contributed by atoms with Crippen LogP contribution in [0.3, 0.4) is 0 Å². The topological polar surface area (TPSA) is 35.8 Å². The van der Waals surface area contributed by atoms with Crippen LogP contribution in [-0.2, 0) is 0 Å². The molecule has 0 atom stereocenters. The number of benzene rings is 2. The van der Waals surface area contributed by atoms with Crippen LogP contribution in [0.4, 0.5) is 20.2 Å². The zero-order valence-corrected chi connectivity index (χ0v) is 11.2. The second-order valence-corrected chi connectivity index (χ2v) is 4.61. The first-order valence-corrected chi connectivity index (χ1v) is 6.10. The normalized spacial score (nSPS) is 9.89. The molecule has 2 aromatic rings. The lowest BCUT2D eigenvalue weighted by Gasteiger charge is -2.10. The summed E-state index contributed by atoms with van der Waals surface area (Å²) in [6.45, 7) is 0. The van der Waals surface area contributed by atoms with E-state index in [1.807, 2.05) is 28.7 Å². The van der Waals surface area contributed by atoms with E-state index in [2.05, 4.69) is 5.32 Å². The minimum absolute atomic E-state index is 0.206. The van der Waals surface area contributed by atoms with Gasteiger partial charge in [0.2, 0.25) is 0 Å². The van der Waals surface area contributed by atoms with Crippen LogP contribution in [0.25, 0.3) is 0 Å². The maximum absolute atomic E-state index is 13.6. The highest BCUT2D eigenvalue weighted by Gasteiger charge is 2.08. The van der Waals surface area contributed by atoms with E-state index in [-0.39, 0.29) is 17.1 Å². The summed E-state index contributed by atoms with van der Waals surface area (Å²) in [5, 5.41) is 11.4. The lowest BCUT2D eigenvalue weighted by molar-refractivity contribution is 0.620. The van der Waals surface area contributed by atoms with Gasteiger partial charge in [0.05, 0.1) is 26.6 Å². The van der Waals surface area contributed by atoms with E-state index in [1.165, 1.54) is 18.2 Å². The molecule has 2 rings (SSSR count). The molecule has 90 valence electrons. The number of hydrogen-bond acceptors (Lipinski definition) is 2. The van der Waals surface area contributed by atoms with Gasteiger partial charge in [0.25, 0.3) is 0 Å². The molecule has 5 heteroatoms. The van der Waals surface area contributed by atoms with Crippen molar-refractivity contribution in [3.05, 3.63) is 57.2 Å². The van der Waals surface area contributed by atoms with Crippen molar-refractivity contribution in [3.8, 4) is 6.07 Å². The van der Waals surface area contributed by atoms with Gasteiger partial charge in [-0.25, -0.2) is 8.78 Å². The van der Waals surface area contributed by atoms with E-state index in [4.69, 9.17) is 5.26 Å². The van der Waals surface area contributed by atoms with Crippen LogP contribution < -0.4 is 5.32 Å². The standard InChI is InChI=1S/C13H7F2IN2/c14-9-2-1-3-12(13(9)16)18-11-5-4-8(7-17)6-10(11)15/h1-6,18H. The van der Waals surface area contributed by atoms with E-state index in [1.54, 1.807) is 12.1 Å². The molecule has 0 amide bonds. The fourth-order valence-corrected chi connectivity index (χ4v) is 1.93. The molecular weight excluding hydrogens is 349 g/mol. The Morgan fingerprint density at radius 2 is 1.83 bits per heavy atom. The lowest BCUT2D eigenvalue weighted by atomic mass is 10.2. The number of rotatable bonds is 2. The molecule has 0 saturated carbocycles. The first kappa shape index (κ1) is 12.8. The van der Waals surface area contributed by atoms with Crippen LogP contribution in [0.5, 0.6) is 0 Å². The van der Waals surface area contributed by atoms with Crippen LogP contribution in [-0.4, -0.2) is 0 Å². The number of nitriles is 1. The van der Waals surface area contributed by atoms with Crippen LogP contribution in [0, 0.1) is 26.5 Å². The summed E-state index contributed by atoms with van der Waals surface area (Å²) in [7, 11) is 0. The molecule has 0 aliphatic rings. The zero-order valence-electron chi connectivity index (χ0n) is 9.05. The minimum atomic E-state index is -0.547. The molecule has 0 aliphatic heterocycles. The van der Waals surface area contributed by atoms with Crippen LogP contribution in [0.1, 0.15) is 5.56 Å². The summed E-state index contributed by atoms with van der Waals surface area (Å²) >= 11 is 1.85. The maximum atomic E-state index is 13.6. The van der Waals surface area contributed by atoms with Crippen molar-refractivity contribution in [2.45, 2.75) is 0 Å². The van der Waals surface area contributed by atoms with Gasteiger partial charge in [0.15, 0.2) is 0 Å². The molecule has 0 saturated heterocycles. The Hall–Kier alpha value is -1.68. The Morgan fingerprint density at radius 1 is 1.06 bits per heavy atom. The highest BCUT2D eigenvalue weighted by atomic mass is 127. The Kier molecular flexibility index (Phi) is 3.77. The van der Waals surface area contributed by atoms with Gasteiger partial charge in [-0.05, 0) is 52.9 Å². The van der Waals surface area contributed by atoms with Crippen LogP contribution >= 0.6 is 22.6 Å². The van der Waals surface area contributed by atoms with Gasteiger partial charge < -0.3 is 5.32 Å². The van der Waals surface area contributed by atoms with E-state index in [0.29, 0.717) is 9.26 Å². The van der Waals surface area contributed by atoms with Gasteiger partial charge in [-0.15, -0.1) is 0 Å². The predicted molar refractivity (Wildman–Crippen MR) is 73.5 cm³/mol. The molecule has 0 spiro atoms. The van der Waals surface area contributed by atoms with Gasteiger partial charge in [-0.1, -0.05) is 6.07 Å². The molecule has 0 unspecified atom stereocenters. The Morgan fingerprint density at radius 3 is 2.50 bits per heavy atom. The maximum Gasteiger partial charge on any atom is 0.147 e. The second-order valence-electron chi connectivity index (χ2n) is 3.53. The van der Waals surface area contributed by atoms with E-state index in [9.17, 15) is 8.78 Å². The Bertz CT molecular complexity index is 635. The summed E-state index contributed by atoms with van der Waals surface area (Å²) in [5.41, 5.74) is 0.934. The van der Waals surface area contributed by atoms with E-state index >= 15 is 0 Å².